The van der Waals surface area contributed by atoms with Crippen molar-refractivity contribution in [3.8, 4) is 6.07 Å². The molecule has 2 amide bonds. The Balaban J connectivity index is 0. The molecule has 0 aromatic heterocycles. The number of hydrogen-bond acceptors (Lipinski definition) is 7. The molecule has 10 heteroatoms. The summed E-state index contributed by atoms with van der Waals surface area (Å²) >= 11 is 0. The minimum absolute atomic E-state index is 0.0704. The van der Waals surface area contributed by atoms with Gasteiger partial charge in [-0.3, -0.25) is 0 Å². The van der Waals surface area contributed by atoms with Crippen LogP contribution in [0.1, 0.15) is 54.4 Å². The van der Waals surface area contributed by atoms with Crippen LogP contribution in [0.4, 0.5) is 9.59 Å². The molecule has 0 aliphatic carbocycles. The van der Waals surface area contributed by atoms with Crippen molar-refractivity contribution in [2.45, 2.75) is 65.6 Å². The van der Waals surface area contributed by atoms with Crippen LogP contribution in [0.5, 0.6) is 0 Å². The van der Waals surface area contributed by atoms with Crippen LogP contribution in [0, 0.1) is 11.3 Å². The maximum atomic E-state index is 11.1. The summed E-state index contributed by atoms with van der Waals surface area (Å²) in [6.07, 6.45) is -0.393. The van der Waals surface area contributed by atoms with Crippen LogP contribution in [0.15, 0.2) is 5.16 Å². The lowest BCUT2D eigenvalue weighted by Crippen LogP contribution is -2.34. The number of carbonyl (C=O) groups excluding carboxylic acids is 2. The first-order valence-corrected chi connectivity index (χ1v) is 8.07. The van der Waals surface area contributed by atoms with E-state index in [1.807, 2.05) is 6.07 Å². The molecule has 0 atom stereocenters. The highest BCUT2D eigenvalue weighted by molar-refractivity contribution is 5.80. The first kappa shape index (κ1) is 25.5. The van der Waals surface area contributed by atoms with Gasteiger partial charge in [0.1, 0.15) is 17.0 Å². The van der Waals surface area contributed by atoms with Gasteiger partial charge in [-0.15, -0.1) is 0 Å². The van der Waals surface area contributed by atoms with E-state index in [-0.39, 0.29) is 18.8 Å². The van der Waals surface area contributed by atoms with Crippen LogP contribution in [0.25, 0.3) is 0 Å². The summed E-state index contributed by atoms with van der Waals surface area (Å²) in [4.78, 5) is 21.9. The zero-order valence-electron chi connectivity index (χ0n) is 16.4. The topological polar surface area (TPSA) is 159 Å². The fourth-order valence-corrected chi connectivity index (χ4v) is 1.19. The minimum Gasteiger partial charge on any atom is -0.444 e. The van der Waals surface area contributed by atoms with Gasteiger partial charge in [-0.1, -0.05) is 5.16 Å². The Kier molecular flexibility index (Phi) is 12.4. The number of alkyl carbamates (subject to hydrolysis) is 2. The van der Waals surface area contributed by atoms with Gasteiger partial charge in [0, 0.05) is 19.5 Å². The molecule has 150 valence electrons. The van der Waals surface area contributed by atoms with E-state index in [4.69, 9.17) is 25.7 Å². The Bertz CT molecular complexity index is 501. The molecule has 0 bridgehead atoms. The normalized spacial score (nSPS) is 11.3. The van der Waals surface area contributed by atoms with Gasteiger partial charge in [0.2, 0.25) is 0 Å². The van der Waals surface area contributed by atoms with Crippen molar-refractivity contribution in [2.75, 3.05) is 13.1 Å². The third-order valence-corrected chi connectivity index (χ3v) is 2.08. The van der Waals surface area contributed by atoms with Gasteiger partial charge < -0.3 is 31.0 Å². The minimum atomic E-state index is -0.513. The predicted molar refractivity (Wildman–Crippen MR) is 96.7 cm³/mol. The second-order valence-corrected chi connectivity index (χ2v) is 7.11. The quantitative estimate of drug-likeness (QED) is 0.189. The Morgan fingerprint density at radius 2 is 1.46 bits per heavy atom. The monoisotopic (exact) mass is 373 g/mol. The number of amidine groups is 1. The van der Waals surface area contributed by atoms with Crippen molar-refractivity contribution in [2.24, 2.45) is 10.9 Å². The molecule has 0 aliphatic rings. The number of ether oxygens (including phenoxy) is 2. The predicted octanol–water partition coefficient (Wildman–Crippen LogP) is 2.07. The molecule has 0 heterocycles. The maximum Gasteiger partial charge on any atom is 0.407 e. The summed E-state index contributed by atoms with van der Waals surface area (Å²) in [6, 6.07) is 1.92. The van der Waals surface area contributed by atoms with E-state index in [0.717, 1.165) is 0 Å². The molecule has 0 aromatic carbocycles. The first-order chi connectivity index (χ1) is 11.8. The van der Waals surface area contributed by atoms with Crippen molar-refractivity contribution in [1.82, 2.24) is 10.6 Å². The molecule has 10 nitrogen and oxygen atoms in total. The zero-order valence-corrected chi connectivity index (χ0v) is 16.4. The third kappa shape index (κ3) is 21.3. The Labute approximate surface area is 154 Å². The standard InChI is InChI=1S/C8H17N3O3.C8H14N2O2/c1-8(2,3)14-7(12)10-5-4-6(9)11-13;1-8(2,3)12-7(11)10-6-4-5-9/h13H,4-5H2,1-3H3,(H2,9,11)(H,10,12);4,6H2,1-3H3,(H,10,11). The van der Waals surface area contributed by atoms with Crippen molar-refractivity contribution in [3.63, 3.8) is 0 Å². The Hall–Kier alpha value is -2.70. The molecular formula is C16H31N5O5. The second-order valence-electron chi connectivity index (χ2n) is 7.11. The van der Waals surface area contributed by atoms with Crippen LogP contribution < -0.4 is 16.4 Å². The van der Waals surface area contributed by atoms with E-state index in [1.54, 1.807) is 41.5 Å². The van der Waals surface area contributed by atoms with Gasteiger partial charge in [-0.2, -0.15) is 5.26 Å². The molecule has 5 N–H and O–H groups in total. The molecule has 0 radical (unpaired) electrons. The van der Waals surface area contributed by atoms with Crippen molar-refractivity contribution >= 4 is 18.0 Å². The number of oxime groups is 1. The summed E-state index contributed by atoms with van der Waals surface area (Å²) in [5.74, 6) is 0.0704. The average Bonchev–Trinajstić information content (AvgIpc) is 2.44. The number of rotatable bonds is 5. The van der Waals surface area contributed by atoms with Gasteiger partial charge in [0.25, 0.3) is 0 Å². The summed E-state index contributed by atoms with van der Waals surface area (Å²) in [5.41, 5.74) is 4.21. The Morgan fingerprint density at radius 1 is 1.04 bits per heavy atom. The number of carbonyl (C=O) groups is 2. The lowest BCUT2D eigenvalue weighted by atomic mass is 10.2. The summed E-state index contributed by atoms with van der Waals surface area (Å²) in [5, 5.41) is 24.1. The van der Waals surface area contributed by atoms with Gasteiger partial charge in [0.05, 0.1) is 12.5 Å². The molecule has 0 spiro atoms. The lowest BCUT2D eigenvalue weighted by molar-refractivity contribution is 0.0517. The molecule has 0 aromatic rings. The lowest BCUT2D eigenvalue weighted by Gasteiger charge is -2.19. The molecule has 0 rings (SSSR count). The smallest absolute Gasteiger partial charge is 0.407 e. The van der Waals surface area contributed by atoms with Crippen LogP contribution >= 0.6 is 0 Å². The summed E-state index contributed by atoms with van der Waals surface area (Å²) in [7, 11) is 0. The molecular weight excluding hydrogens is 342 g/mol. The molecule has 26 heavy (non-hydrogen) atoms. The van der Waals surface area contributed by atoms with Crippen LogP contribution in [-0.4, -0.2) is 47.5 Å². The number of nitrogens with one attached hydrogen (secondary N) is 2. The van der Waals surface area contributed by atoms with Crippen molar-refractivity contribution in [3.05, 3.63) is 0 Å². The molecule has 0 saturated carbocycles. The number of nitrogens with two attached hydrogens (primary N) is 1. The number of hydrogen-bond donors (Lipinski definition) is 4. The highest BCUT2D eigenvalue weighted by atomic mass is 16.6. The van der Waals surface area contributed by atoms with Crippen LogP contribution in [-0.2, 0) is 9.47 Å². The Morgan fingerprint density at radius 3 is 1.81 bits per heavy atom. The SMILES string of the molecule is CC(C)(C)OC(=O)NCC/C(N)=N\O.CC(C)(C)OC(=O)NCCC#N. The van der Waals surface area contributed by atoms with Crippen molar-refractivity contribution in [1.29, 1.82) is 5.26 Å². The number of nitrogens with zero attached hydrogens (tertiary/aromatic N) is 2. The largest absolute Gasteiger partial charge is 0.444 e. The third-order valence-electron chi connectivity index (χ3n) is 2.08. The first-order valence-electron chi connectivity index (χ1n) is 8.07. The van der Waals surface area contributed by atoms with Crippen LogP contribution in [0.3, 0.4) is 0 Å². The van der Waals surface area contributed by atoms with Gasteiger partial charge in [0.15, 0.2) is 0 Å². The average molecular weight is 373 g/mol. The molecule has 0 aliphatic heterocycles. The van der Waals surface area contributed by atoms with E-state index in [9.17, 15) is 9.59 Å². The van der Waals surface area contributed by atoms with Gasteiger partial charge in [-0.05, 0) is 41.5 Å². The number of nitriles is 1. The zero-order chi connectivity index (χ0) is 20.8. The fraction of sp³-hybridized carbons (Fsp3) is 0.750. The van der Waals surface area contributed by atoms with Crippen LogP contribution in [0.2, 0.25) is 0 Å². The van der Waals surface area contributed by atoms with E-state index in [1.165, 1.54) is 0 Å². The van der Waals surface area contributed by atoms with E-state index >= 15 is 0 Å². The molecule has 0 unspecified atom stereocenters. The van der Waals surface area contributed by atoms with Crippen molar-refractivity contribution < 1.29 is 24.3 Å². The number of amides is 2. The summed E-state index contributed by atoms with van der Waals surface area (Å²) in [6.45, 7) is 11.3. The highest BCUT2D eigenvalue weighted by Gasteiger charge is 2.16. The van der Waals surface area contributed by atoms with E-state index < -0.39 is 23.4 Å². The van der Waals surface area contributed by atoms with E-state index in [2.05, 4.69) is 15.8 Å². The highest BCUT2D eigenvalue weighted by Crippen LogP contribution is 2.06. The van der Waals surface area contributed by atoms with Gasteiger partial charge >= 0.3 is 12.2 Å². The molecule has 0 fully saturated rings. The van der Waals surface area contributed by atoms with Gasteiger partial charge in [-0.25, -0.2) is 9.59 Å². The second kappa shape index (κ2) is 12.6. The molecule has 0 saturated heterocycles. The fourth-order valence-electron chi connectivity index (χ4n) is 1.19. The maximum absolute atomic E-state index is 11.1. The summed E-state index contributed by atoms with van der Waals surface area (Å²) < 4.78 is 9.88. The van der Waals surface area contributed by atoms with E-state index in [0.29, 0.717) is 13.0 Å².